The number of aromatic nitrogens is 2. The second-order valence-electron chi connectivity index (χ2n) is 5.00. The molecule has 0 N–H and O–H groups in total. The average molecular weight is 261 g/mol. The molecule has 2 aromatic rings. The summed E-state index contributed by atoms with van der Waals surface area (Å²) in [5, 5.41) is 5.24. The third kappa shape index (κ3) is 2.30. The van der Waals surface area contributed by atoms with Crippen LogP contribution >= 0.6 is 11.6 Å². The van der Waals surface area contributed by atoms with Crippen LogP contribution in [0.2, 0.25) is 5.02 Å². The van der Waals surface area contributed by atoms with Crippen LogP contribution in [0.1, 0.15) is 37.8 Å². The Kier molecular flexibility index (Phi) is 3.13. The summed E-state index contributed by atoms with van der Waals surface area (Å²) in [5.74, 6) is 0. The van der Waals surface area contributed by atoms with E-state index in [1.807, 2.05) is 6.20 Å². The Hall–Kier alpha value is -1.28. The first kappa shape index (κ1) is 11.8. The van der Waals surface area contributed by atoms with Crippen molar-refractivity contribution in [2.75, 3.05) is 0 Å². The summed E-state index contributed by atoms with van der Waals surface area (Å²) in [6, 6.07) is 6.98. The molecule has 0 bridgehead atoms. The number of nitrogens with zero attached hydrogens (tertiary/aromatic N) is 2. The molecule has 0 unspecified atom stereocenters. The fourth-order valence-electron chi connectivity index (χ4n) is 2.25. The molecule has 1 heterocycles. The summed E-state index contributed by atoms with van der Waals surface area (Å²) in [6.07, 6.45) is 8.77. The van der Waals surface area contributed by atoms with Gasteiger partial charge < -0.3 is 0 Å². The van der Waals surface area contributed by atoms with E-state index < -0.39 is 0 Å². The molecule has 3 rings (SSSR count). The van der Waals surface area contributed by atoms with Gasteiger partial charge in [-0.1, -0.05) is 37.1 Å². The van der Waals surface area contributed by atoms with E-state index in [9.17, 15) is 0 Å². The molecule has 1 aliphatic carbocycles. The van der Waals surface area contributed by atoms with Crippen LogP contribution in [0.4, 0.5) is 0 Å². The van der Waals surface area contributed by atoms with E-state index in [0.29, 0.717) is 6.04 Å². The first-order valence-corrected chi connectivity index (χ1v) is 6.98. The molecule has 94 valence electrons. The van der Waals surface area contributed by atoms with Gasteiger partial charge in [0.25, 0.3) is 0 Å². The third-order valence-corrected chi connectivity index (χ3v) is 3.72. The van der Waals surface area contributed by atoms with Crippen LogP contribution in [0.15, 0.2) is 30.6 Å². The molecule has 1 aromatic heterocycles. The molecule has 1 saturated carbocycles. The second kappa shape index (κ2) is 4.77. The van der Waals surface area contributed by atoms with Gasteiger partial charge in [0.15, 0.2) is 0 Å². The Morgan fingerprint density at radius 2 is 2.22 bits per heavy atom. The minimum atomic E-state index is 0.622. The van der Waals surface area contributed by atoms with Crippen molar-refractivity contribution in [1.82, 2.24) is 9.78 Å². The Bertz CT molecular complexity index is 555. The van der Waals surface area contributed by atoms with Crippen LogP contribution in [-0.2, 0) is 6.42 Å². The predicted octanol–water partition coefficient (Wildman–Crippen LogP) is 4.49. The van der Waals surface area contributed by atoms with Crippen molar-refractivity contribution >= 4 is 11.6 Å². The highest BCUT2D eigenvalue weighted by Crippen LogP contribution is 2.36. The molecular formula is C15H17ClN2. The first-order chi connectivity index (χ1) is 8.78. The SMILES string of the molecule is CCCc1ccc(-c2cnn(C3CC3)c2)c(Cl)c1. The van der Waals surface area contributed by atoms with Crippen LogP contribution in [0, 0.1) is 0 Å². The van der Waals surface area contributed by atoms with Crippen molar-refractivity contribution in [2.24, 2.45) is 0 Å². The molecule has 0 aliphatic heterocycles. The molecule has 0 amide bonds. The van der Waals surface area contributed by atoms with Gasteiger partial charge in [0.05, 0.1) is 12.2 Å². The van der Waals surface area contributed by atoms with Gasteiger partial charge in [0, 0.05) is 22.3 Å². The fraction of sp³-hybridized carbons (Fsp3) is 0.400. The van der Waals surface area contributed by atoms with Crippen molar-refractivity contribution < 1.29 is 0 Å². The number of benzene rings is 1. The van der Waals surface area contributed by atoms with Gasteiger partial charge in [-0.15, -0.1) is 0 Å². The van der Waals surface area contributed by atoms with Crippen molar-refractivity contribution in [3.63, 3.8) is 0 Å². The molecule has 0 radical (unpaired) electrons. The molecule has 3 heteroatoms. The summed E-state index contributed by atoms with van der Waals surface area (Å²) in [4.78, 5) is 0. The first-order valence-electron chi connectivity index (χ1n) is 6.61. The predicted molar refractivity (Wildman–Crippen MR) is 74.9 cm³/mol. The zero-order valence-electron chi connectivity index (χ0n) is 10.6. The van der Waals surface area contributed by atoms with Gasteiger partial charge in [-0.3, -0.25) is 4.68 Å². The smallest absolute Gasteiger partial charge is 0.0568 e. The Balaban J connectivity index is 1.90. The third-order valence-electron chi connectivity index (χ3n) is 3.41. The van der Waals surface area contributed by atoms with E-state index in [2.05, 4.69) is 41.1 Å². The minimum Gasteiger partial charge on any atom is -0.269 e. The zero-order valence-corrected chi connectivity index (χ0v) is 11.3. The fourth-order valence-corrected chi connectivity index (χ4v) is 2.57. The standard InChI is InChI=1S/C15H17ClN2/c1-2-3-11-4-7-14(15(16)8-11)12-9-17-18(10-12)13-5-6-13/h4,7-10,13H,2-3,5-6H2,1H3. The minimum absolute atomic E-state index is 0.622. The topological polar surface area (TPSA) is 17.8 Å². The van der Waals surface area contributed by atoms with E-state index in [4.69, 9.17) is 11.6 Å². The summed E-state index contributed by atoms with van der Waals surface area (Å²) >= 11 is 6.37. The van der Waals surface area contributed by atoms with Gasteiger partial charge in [0.1, 0.15) is 0 Å². The molecule has 1 aromatic carbocycles. The number of rotatable bonds is 4. The molecule has 0 spiro atoms. The number of hydrogen-bond acceptors (Lipinski definition) is 1. The van der Waals surface area contributed by atoms with Crippen LogP contribution in [0.5, 0.6) is 0 Å². The summed E-state index contributed by atoms with van der Waals surface area (Å²) in [7, 11) is 0. The van der Waals surface area contributed by atoms with E-state index in [1.54, 1.807) is 0 Å². The van der Waals surface area contributed by atoms with E-state index in [-0.39, 0.29) is 0 Å². The van der Waals surface area contributed by atoms with Crippen molar-refractivity contribution in [3.8, 4) is 11.1 Å². The lowest BCUT2D eigenvalue weighted by atomic mass is 10.0. The summed E-state index contributed by atoms with van der Waals surface area (Å²) in [5.41, 5.74) is 3.51. The molecule has 0 saturated heterocycles. The monoisotopic (exact) mass is 260 g/mol. The molecule has 2 nitrogen and oxygen atoms in total. The van der Waals surface area contributed by atoms with E-state index in [1.165, 1.54) is 18.4 Å². The number of aryl methyl sites for hydroxylation is 1. The van der Waals surface area contributed by atoms with Crippen LogP contribution in [0.25, 0.3) is 11.1 Å². The Morgan fingerprint density at radius 3 is 2.89 bits per heavy atom. The largest absolute Gasteiger partial charge is 0.269 e. The summed E-state index contributed by atoms with van der Waals surface area (Å²) in [6.45, 7) is 2.18. The van der Waals surface area contributed by atoms with Crippen molar-refractivity contribution in [3.05, 3.63) is 41.2 Å². The molecule has 18 heavy (non-hydrogen) atoms. The highest BCUT2D eigenvalue weighted by Gasteiger charge is 2.24. The van der Waals surface area contributed by atoms with Gasteiger partial charge in [-0.25, -0.2) is 0 Å². The van der Waals surface area contributed by atoms with Gasteiger partial charge in [-0.05, 0) is 30.9 Å². The Morgan fingerprint density at radius 1 is 1.39 bits per heavy atom. The highest BCUT2D eigenvalue weighted by atomic mass is 35.5. The van der Waals surface area contributed by atoms with E-state index >= 15 is 0 Å². The van der Waals surface area contributed by atoms with Gasteiger partial charge in [0.2, 0.25) is 0 Å². The second-order valence-corrected chi connectivity index (χ2v) is 5.41. The van der Waals surface area contributed by atoms with Crippen molar-refractivity contribution in [2.45, 2.75) is 38.6 Å². The van der Waals surface area contributed by atoms with Gasteiger partial charge >= 0.3 is 0 Å². The maximum atomic E-state index is 6.37. The van der Waals surface area contributed by atoms with Crippen LogP contribution in [-0.4, -0.2) is 9.78 Å². The molecule has 1 aliphatic rings. The van der Waals surface area contributed by atoms with Gasteiger partial charge in [-0.2, -0.15) is 5.10 Å². The zero-order chi connectivity index (χ0) is 12.5. The quantitative estimate of drug-likeness (QED) is 0.792. The average Bonchev–Trinajstić information content (AvgIpc) is 3.09. The lowest BCUT2D eigenvalue weighted by Crippen LogP contribution is -1.92. The molecule has 0 atom stereocenters. The number of hydrogen-bond donors (Lipinski definition) is 0. The van der Waals surface area contributed by atoms with Crippen molar-refractivity contribution in [1.29, 1.82) is 0 Å². The van der Waals surface area contributed by atoms with Crippen LogP contribution < -0.4 is 0 Å². The van der Waals surface area contributed by atoms with E-state index in [0.717, 1.165) is 29.0 Å². The Labute approximate surface area is 113 Å². The molecule has 1 fully saturated rings. The maximum Gasteiger partial charge on any atom is 0.0568 e. The molecular weight excluding hydrogens is 244 g/mol. The lowest BCUT2D eigenvalue weighted by Gasteiger charge is -2.04. The maximum absolute atomic E-state index is 6.37. The summed E-state index contributed by atoms with van der Waals surface area (Å²) < 4.78 is 2.06. The highest BCUT2D eigenvalue weighted by molar-refractivity contribution is 6.33. The lowest BCUT2D eigenvalue weighted by molar-refractivity contribution is 0.642. The normalized spacial score (nSPS) is 15.0. The van der Waals surface area contributed by atoms with Crippen LogP contribution in [0.3, 0.4) is 0 Å². The number of halogens is 1.